The monoisotopic (exact) mass is 424 g/mol. The molecule has 3 nitrogen and oxygen atoms in total. The van der Waals surface area contributed by atoms with Crippen molar-refractivity contribution in [2.75, 3.05) is 25.0 Å². The maximum Gasteiger partial charge on any atom is 0.232 e. The van der Waals surface area contributed by atoms with Gasteiger partial charge in [0.15, 0.2) is 0 Å². The van der Waals surface area contributed by atoms with Crippen molar-refractivity contribution in [3.8, 4) is 0 Å². The van der Waals surface area contributed by atoms with Crippen LogP contribution in [-0.4, -0.2) is 30.9 Å². The largest absolute Gasteiger partial charge is 0.315 e. The zero-order chi connectivity index (χ0) is 20.4. The summed E-state index contributed by atoms with van der Waals surface area (Å²) in [5, 5.41) is 1.43. The number of benzene rings is 3. The number of para-hydroxylation sites is 1. The number of likely N-dealkylation sites (tertiary alicyclic amines) is 1. The molecular formula is C24H22Cl2N2O. The van der Waals surface area contributed by atoms with Gasteiger partial charge in [-0.3, -0.25) is 9.69 Å². The summed E-state index contributed by atoms with van der Waals surface area (Å²) in [5.74, 6) is 0.140. The normalized spacial score (nSPS) is 14.6. The Balaban J connectivity index is 1.52. The molecule has 1 aliphatic rings. The average Bonchev–Trinajstić information content (AvgIpc) is 2.72. The Morgan fingerprint density at radius 1 is 0.862 bits per heavy atom. The Labute approximate surface area is 181 Å². The molecule has 148 valence electrons. The first-order valence-corrected chi connectivity index (χ1v) is 10.4. The Kier molecular flexibility index (Phi) is 5.91. The number of amides is 1. The highest BCUT2D eigenvalue weighted by atomic mass is 35.5. The first kappa shape index (κ1) is 20.0. The van der Waals surface area contributed by atoms with Crippen LogP contribution < -0.4 is 4.90 Å². The molecule has 4 rings (SSSR count). The van der Waals surface area contributed by atoms with Gasteiger partial charge in [0.1, 0.15) is 0 Å². The Morgan fingerprint density at radius 3 is 1.83 bits per heavy atom. The van der Waals surface area contributed by atoms with Crippen LogP contribution in [0.15, 0.2) is 78.9 Å². The highest BCUT2D eigenvalue weighted by Crippen LogP contribution is 2.36. The second-order valence-corrected chi connectivity index (χ2v) is 8.26. The minimum Gasteiger partial charge on any atom is -0.315 e. The van der Waals surface area contributed by atoms with Gasteiger partial charge in [0, 0.05) is 35.9 Å². The predicted octanol–water partition coefficient (Wildman–Crippen LogP) is 5.68. The van der Waals surface area contributed by atoms with Crippen LogP contribution in [0.2, 0.25) is 10.0 Å². The van der Waals surface area contributed by atoms with E-state index in [-0.39, 0.29) is 17.9 Å². The molecule has 1 aliphatic heterocycles. The van der Waals surface area contributed by atoms with Crippen molar-refractivity contribution in [3.05, 3.63) is 100 Å². The minimum absolute atomic E-state index is 0.0118. The van der Waals surface area contributed by atoms with Crippen LogP contribution in [0.3, 0.4) is 0 Å². The first-order valence-electron chi connectivity index (χ1n) is 9.60. The lowest BCUT2D eigenvalue weighted by molar-refractivity contribution is -0.128. The molecule has 0 bridgehead atoms. The molecule has 29 heavy (non-hydrogen) atoms. The smallest absolute Gasteiger partial charge is 0.232 e. The van der Waals surface area contributed by atoms with Crippen LogP contribution in [-0.2, 0) is 4.79 Å². The van der Waals surface area contributed by atoms with Crippen molar-refractivity contribution in [2.24, 2.45) is 5.92 Å². The van der Waals surface area contributed by atoms with E-state index >= 15 is 0 Å². The molecule has 0 radical (unpaired) electrons. The topological polar surface area (TPSA) is 23.6 Å². The van der Waals surface area contributed by atoms with Crippen molar-refractivity contribution < 1.29 is 4.79 Å². The third-order valence-corrected chi connectivity index (χ3v) is 5.97. The summed E-state index contributed by atoms with van der Waals surface area (Å²) in [6, 6.07) is 25.7. The molecule has 0 N–H and O–H groups in total. The third-order valence-electron chi connectivity index (χ3n) is 5.47. The fraction of sp³-hybridized carbons (Fsp3) is 0.208. The van der Waals surface area contributed by atoms with E-state index in [1.54, 1.807) is 4.90 Å². The standard InChI is InChI=1S/C24H22Cl2N2O/c1-27(22-5-3-2-4-6-22)24(29)19-15-28(16-19)23(17-7-11-20(25)12-8-17)18-9-13-21(26)14-10-18/h2-14,19,23H,15-16H2,1H3. The summed E-state index contributed by atoms with van der Waals surface area (Å²) in [5.41, 5.74) is 3.22. The molecule has 0 atom stereocenters. The number of halogens is 2. The lowest BCUT2D eigenvalue weighted by Crippen LogP contribution is -2.55. The van der Waals surface area contributed by atoms with Gasteiger partial charge in [-0.05, 0) is 47.5 Å². The van der Waals surface area contributed by atoms with Crippen LogP contribution >= 0.6 is 23.2 Å². The molecule has 0 unspecified atom stereocenters. The molecule has 0 spiro atoms. The van der Waals surface area contributed by atoms with E-state index in [2.05, 4.69) is 4.90 Å². The van der Waals surface area contributed by atoms with Crippen molar-refractivity contribution in [1.29, 1.82) is 0 Å². The second kappa shape index (κ2) is 8.58. The molecule has 3 aromatic rings. The van der Waals surface area contributed by atoms with Gasteiger partial charge in [0.2, 0.25) is 5.91 Å². The van der Waals surface area contributed by atoms with Gasteiger partial charge in [0.05, 0.1) is 12.0 Å². The molecule has 1 saturated heterocycles. The predicted molar refractivity (Wildman–Crippen MR) is 120 cm³/mol. The summed E-state index contributed by atoms with van der Waals surface area (Å²) >= 11 is 12.2. The number of hydrogen-bond donors (Lipinski definition) is 0. The molecule has 3 aromatic carbocycles. The number of hydrogen-bond acceptors (Lipinski definition) is 2. The van der Waals surface area contributed by atoms with Crippen LogP contribution in [0.5, 0.6) is 0 Å². The molecule has 1 heterocycles. The summed E-state index contributed by atoms with van der Waals surface area (Å²) in [7, 11) is 1.84. The van der Waals surface area contributed by atoms with Gasteiger partial charge in [-0.25, -0.2) is 0 Å². The van der Waals surface area contributed by atoms with Crippen molar-refractivity contribution in [2.45, 2.75) is 6.04 Å². The van der Waals surface area contributed by atoms with E-state index in [1.165, 1.54) is 0 Å². The SMILES string of the molecule is CN(C(=O)C1CN(C(c2ccc(Cl)cc2)c2ccc(Cl)cc2)C1)c1ccccc1. The Hall–Kier alpha value is -2.33. The Morgan fingerprint density at radius 2 is 1.34 bits per heavy atom. The zero-order valence-electron chi connectivity index (χ0n) is 16.1. The zero-order valence-corrected chi connectivity index (χ0v) is 17.6. The van der Waals surface area contributed by atoms with Crippen LogP contribution in [0, 0.1) is 5.92 Å². The lowest BCUT2D eigenvalue weighted by atomic mass is 9.89. The first-order chi connectivity index (χ1) is 14.0. The fourth-order valence-corrected chi connectivity index (χ4v) is 4.09. The highest BCUT2D eigenvalue weighted by molar-refractivity contribution is 6.30. The molecule has 0 aromatic heterocycles. The van der Waals surface area contributed by atoms with Gasteiger partial charge in [-0.1, -0.05) is 65.7 Å². The van der Waals surface area contributed by atoms with E-state index in [1.807, 2.05) is 85.9 Å². The van der Waals surface area contributed by atoms with Crippen molar-refractivity contribution in [3.63, 3.8) is 0 Å². The summed E-state index contributed by atoms with van der Waals surface area (Å²) in [6.45, 7) is 1.43. The lowest BCUT2D eigenvalue weighted by Gasteiger charge is -2.45. The van der Waals surface area contributed by atoms with Gasteiger partial charge in [0.25, 0.3) is 0 Å². The minimum atomic E-state index is -0.0118. The number of nitrogens with zero attached hydrogens (tertiary/aromatic N) is 2. The quantitative estimate of drug-likeness (QED) is 0.525. The van der Waals surface area contributed by atoms with E-state index in [0.29, 0.717) is 23.1 Å². The van der Waals surface area contributed by atoms with E-state index in [9.17, 15) is 4.79 Å². The van der Waals surface area contributed by atoms with E-state index in [4.69, 9.17) is 23.2 Å². The average molecular weight is 425 g/mol. The number of rotatable bonds is 5. The molecule has 1 amide bonds. The van der Waals surface area contributed by atoms with Gasteiger partial charge >= 0.3 is 0 Å². The molecular weight excluding hydrogens is 403 g/mol. The van der Waals surface area contributed by atoms with Crippen LogP contribution in [0.25, 0.3) is 0 Å². The van der Waals surface area contributed by atoms with Gasteiger partial charge in [-0.2, -0.15) is 0 Å². The van der Waals surface area contributed by atoms with E-state index in [0.717, 1.165) is 16.8 Å². The maximum absolute atomic E-state index is 12.9. The van der Waals surface area contributed by atoms with Crippen molar-refractivity contribution >= 4 is 34.8 Å². The summed E-state index contributed by atoms with van der Waals surface area (Å²) in [6.07, 6.45) is 0. The number of carbonyl (C=O) groups excluding carboxylic acids is 1. The van der Waals surface area contributed by atoms with Crippen LogP contribution in [0.4, 0.5) is 5.69 Å². The third kappa shape index (κ3) is 4.32. The molecule has 0 aliphatic carbocycles. The Bertz CT molecular complexity index is 923. The van der Waals surface area contributed by atoms with Gasteiger partial charge < -0.3 is 4.90 Å². The van der Waals surface area contributed by atoms with Crippen molar-refractivity contribution in [1.82, 2.24) is 4.90 Å². The van der Waals surface area contributed by atoms with Gasteiger partial charge in [-0.15, -0.1) is 0 Å². The second-order valence-electron chi connectivity index (χ2n) is 7.39. The van der Waals surface area contributed by atoms with Crippen LogP contribution in [0.1, 0.15) is 17.2 Å². The van der Waals surface area contributed by atoms with E-state index < -0.39 is 0 Å². The number of carbonyl (C=O) groups is 1. The maximum atomic E-state index is 12.9. The molecule has 5 heteroatoms. The highest BCUT2D eigenvalue weighted by Gasteiger charge is 2.39. The summed E-state index contributed by atoms with van der Waals surface area (Å²) in [4.78, 5) is 17.0. The fourth-order valence-electron chi connectivity index (χ4n) is 3.84. The molecule has 1 fully saturated rings. The molecule has 0 saturated carbocycles. The number of anilines is 1. The summed E-state index contributed by atoms with van der Waals surface area (Å²) < 4.78 is 0.